The van der Waals surface area contributed by atoms with Crippen LogP contribution in [0.2, 0.25) is 0 Å². The van der Waals surface area contributed by atoms with Crippen LogP contribution in [0.25, 0.3) is 0 Å². The molecule has 0 aliphatic carbocycles. The van der Waals surface area contributed by atoms with E-state index in [1.54, 1.807) is 25.3 Å². The first-order valence-corrected chi connectivity index (χ1v) is 4.72. The number of pyridine rings is 1. The van der Waals surface area contributed by atoms with E-state index in [0.29, 0.717) is 17.0 Å². The summed E-state index contributed by atoms with van der Waals surface area (Å²) >= 11 is 3.24. The van der Waals surface area contributed by atoms with Crippen LogP contribution >= 0.6 is 15.9 Å². The molecule has 1 aromatic rings. The molecule has 0 N–H and O–H groups in total. The van der Waals surface area contributed by atoms with E-state index in [9.17, 15) is 4.79 Å². The SMILES string of the molecule is CC(C=O)COc1cccnc1Br. The number of nitrogens with zero attached hydrogens (tertiary/aromatic N) is 1. The smallest absolute Gasteiger partial charge is 0.152 e. The third-order valence-corrected chi connectivity index (χ3v) is 2.05. The van der Waals surface area contributed by atoms with Gasteiger partial charge in [0, 0.05) is 12.1 Å². The zero-order chi connectivity index (χ0) is 9.68. The maximum absolute atomic E-state index is 10.3. The number of aldehydes is 1. The van der Waals surface area contributed by atoms with Crippen LogP contribution in [0.1, 0.15) is 6.92 Å². The molecule has 1 unspecified atom stereocenters. The van der Waals surface area contributed by atoms with E-state index in [4.69, 9.17) is 4.74 Å². The summed E-state index contributed by atoms with van der Waals surface area (Å²) in [5.74, 6) is 0.573. The Morgan fingerprint density at radius 2 is 2.54 bits per heavy atom. The van der Waals surface area contributed by atoms with E-state index in [1.807, 2.05) is 0 Å². The summed E-state index contributed by atoms with van der Waals surface area (Å²) < 4.78 is 6.01. The van der Waals surface area contributed by atoms with Crippen molar-refractivity contribution in [1.29, 1.82) is 0 Å². The lowest BCUT2D eigenvalue weighted by atomic mass is 10.2. The van der Waals surface area contributed by atoms with Gasteiger partial charge < -0.3 is 9.53 Å². The number of hydrogen-bond acceptors (Lipinski definition) is 3. The average molecular weight is 244 g/mol. The number of carbonyl (C=O) groups is 1. The van der Waals surface area contributed by atoms with Crippen LogP contribution < -0.4 is 4.74 Å². The van der Waals surface area contributed by atoms with Crippen LogP contribution in [0.4, 0.5) is 0 Å². The fraction of sp³-hybridized carbons (Fsp3) is 0.333. The first kappa shape index (κ1) is 10.2. The lowest BCUT2D eigenvalue weighted by Gasteiger charge is -2.08. The summed E-state index contributed by atoms with van der Waals surface area (Å²) in [4.78, 5) is 14.3. The molecule has 1 atom stereocenters. The van der Waals surface area contributed by atoms with E-state index < -0.39 is 0 Å². The van der Waals surface area contributed by atoms with Crippen LogP contribution in [0, 0.1) is 5.92 Å². The molecule has 3 nitrogen and oxygen atoms in total. The van der Waals surface area contributed by atoms with Gasteiger partial charge in [-0.05, 0) is 28.1 Å². The van der Waals surface area contributed by atoms with Crippen LogP contribution in [0.15, 0.2) is 22.9 Å². The summed E-state index contributed by atoms with van der Waals surface area (Å²) in [6.45, 7) is 2.19. The summed E-state index contributed by atoms with van der Waals surface area (Å²) in [7, 11) is 0. The normalized spacial score (nSPS) is 12.2. The first-order valence-electron chi connectivity index (χ1n) is 3.92. The van der Waals surface area contributed by atoms with Gasteiger partial charge in [0.15, 0.2) is 5.75 Å². The maximum atomic E-state index is 10.3. The van der Waals surface area contributed by atoms with Gasteiger partial charge in [0.25, 0.3) is 0 Å². The molecular formula is C9H10BrNO2. The molecule has 0 amide bonds. The molecule has 0 aliphatic rings. The lowest BCUT2D eigenvalue weighted by molar-refractivity contribution is -0.111. The third-order valence-electron chi connectivity index (χ3n) is 1.46. The van der Waals surface area contributed by atoms with Crippen LogP contribution in [0.3, 0.4) is 0 Å². The second-order valence-corrected chi connectivity index (χ2v) is 3.47. The molecule has 0 aromatic carbocycles. The molecular weight excluding hydrogens is 234 g/mol. The van der Waals surface area contributed by atoms with E-state index >= 15 is 0 Å². The molecule has 4 heteroatoms. The molecule has 1 heterocycles. The topological polar surface area (TPSA) is 39.2 Å². The van der Waals surface area contributed by atoms with Gasteiger partial charge in [-0.2, -0.15) is 0 Å². The average Bonchev–Trinajstić information content (AvgIpc) is 2.16. The third kappa shape index (κ3) is 3.14. The largest absolute Gasteiger partial charge is 0.490 e. The number of hydrogen-bond donors (Lipinski definition) is 0. The monoisotopic (exact) mass is 243 g/mol. The maximum Gasteiger partial charge on any atom is 0.152 e. The molecule has 0 saturated heterocycles. The second kappa shape index (κ2) is 4.97. The van der Waals surface area contributed by atoms with Crippen molar-refractivity contribution in [2.24, 2.45) is 5.92 Å². The summed E-state index contributed by atoms with van der Waals surface area (Å²) in [5.41, 5.74) is 0. The van der Waals surface area contributed by atoms with Crippen molar-refractivity contribution < 1.29 is 9.53 Å². The van der Waals surface area contributed by atoms with Gasteiger partial charge in [0.05, 0.1) is 6.61 Å². The molecule has 0 radical (unpaired) electrons. The van der Waals surface area contributed by atoms with Gasteiger partial charge in [-0.25, -0.2) is 4.98 Å². The minimum absolute atomic E-state index is 0.0906. The standard InChI is InChI=1S/C9H10BrNO2/c1-7(5-12)6-13-8-3-2-4-11-9(8)10/h2-5,7H,6H2,1H3. The van der Waals surface area contributed by atoms with E-state index in [0.717, 1.165) is 6.29 Å². The summed E-state index contributed by atoms with van der Waals surface area (Å²) in [6.07, 6.45) is 2.53. The highest BCUT2D eigenvalue weighted by Crippen LogP contribution is 2.21. The number of carbonyl (C=O) groups excluding carboxylic acids is 1. The van der Waals surface area contributed by atoms with Crippen molar-refractivity contribution in [1.82, 2.24) is 4.98 Å². The molecule has 0 bridgehead atoms. The molecule has 0 saturated carbocycles. The highest BCUT2D eigenvalue weighted by molar-refractivity contribution is 9.10. The molecule has 13 heavy (non-hydrogen) atoms. The van der Waals surface area contributed by atoms with E-state index in [2.05, 4.69) is 20.9 Å². The highest BCUT2D eigenvalue weighted by Gasteiger charge is 2.03. The summed E-state index contributed by atoms with van der Waals surface area (Å²) in [5, 5.41) is 0. The summed E-state index contributed by atoms with van der Waals surface area (Å²) in [6, 6.07) is 3.58. The fourth-order valence-corrected chi connectivity index (χ4v) is 1.10. The Bertz CT molecular complexity index is 291. The van der Waals surface area contributed by atoms with Crippen LogP contribution in [0.5, 0.6) is 5.75 Å². The molecule has 0 spiro atoms. The Labute approximate surface area is 85.3 Å². The minimum Gasteiger partial charge on any atom is -0.490 e. The number of aromatic nitrogens is 1. The van der Waals surface area contributed by atoms with Gasteiger partial charge in [-0.15, -0.1) is 0 Å². The van der Waals surface area contributed by atoms with Crippen molar-refractivity contribution in [3.05, 3.63) is 22.9 Å². The number of rotatable bonds is 4. The quantitative estimate of drug-likeness (QED) is 0.601. The van der Waals surface area contributed by atoms with Crippen LogP contribution in [-0.2, 0) is 4.79 Å². The van der Waals surface area contributed by atoms with Gasteiger partial charge in [0.2, 0.25) is 0 Å². The molecule has 0 aliphatic heterocycles. The van der Waals surface area contributed by atoms with Crippen molar-refractivity contribution in [3.8, 4) is 5.75 Å². The minimum atomic E-state index is -0.0906. The fourth-order valence-electron chi connectivity index (χ4n) is 0.739. The molecule has 1 rings (SSSR count). The predicted molar refractivity (Wildman–Crippen MR) is 52.7 cm³/mol. The van der Waals surface area contributed by atoms with Crippen molar-refractivity contribution in [2.45, 2.75) is 6.92 Å². The Morgan fingerprint density at radius 3 is 3.15 bits per heavy atom. The Kier molecular flexibility index (Phi) is 3.89. The molecule has 0 fully saturated rings. The predicted octanol–water partition coefficient (Wildman–Crippen LogP) is 2.06. The van der Waals surface area contributed by atoms with Crippen molar-refractivity contribution in [3.63, 3.8) is 0 Å². The highest BCUT2D eigenvalue weighted by atomic mass is 79.9. The molecule has 1 aromatic heterocycles. The van der Waals surface area contributed by atoms with Gasteiger partial charge >= 0.3 is 0 Å². The van der Waals surface area contributed by atoms with E-state index in [1.165, 1.54) is 0 Å². The van der Waals surface area contributed by atoms with Gasteiger partial charge in [0.1, 0.15) is 10.9 Å². The first-order chi connectivity index (χ1) is 6.24. The van der Waals surface area contributed by atoms with Crippen LogP contribution in [-0.4, -0.2) is 17.9 Å². The van der Waals surface area contributed by atoms with Crippen molar-refractivity contribution in [2.75, 3.05) is 6.61 Å². The Balaban J connectivity index is 2.54. The van der Waals surface area contributed by atoms with Gasteiger partial charge in [-0.3, -0.25) is 0 Å². The molecule has 70 valence electrons. The number of ether oxygens (including phenoxy) is 1. The lowest BCUT2D eigenvalue weighted by Crippen LogP contribution is -2.09. The second-order valence-electron chi connectivity index (χ2n) is 2.72. The zero-order valence-corrected chi connectivity index (χ0v) is 8.82. The van der Waals surface area contributed by atoms with E-state index in [-0.39, 0.29) is 5.92 Å². The van der Waals surface area contributed by atoms with Crippen molar-refractivity contribution >= 4 is 22.2 Å². The van der Waals surface area contributed by atoms with Gasteiger partial charge in [-0.1, -0.05) is 6.92 Å². The zero-order valence-electron chi connectivity index (χ0n) is 7.24. The Hall–Kier alpha value is -0.900. The number of halogens is 1. The Morgan fingerprint density at radius 1 is 1.77 bits per heavy atom.